The Morgan fingerprint density at radius 1 is 1.31 bits per heavy atom. The summed E-state index contributed by atoms with van der Waals surface area (Å²) in [6, 6.07) is 7.14. The summed E-state index contributed by atoms with van der Waals surface area (Å²) in [5, 5.41) is 20.7. The maximum Gasteiger partial charge on any atom is 0.310 e. The van der Waals surface area contributed by atoms with Gasteiger partial charge in [0.1, 0.15) is 17.6 Å². The van der Waals surface area contributed by atoms with Gasteiger partial charge in [-0.1, -0.05) is 43.3 Å². The highest BCUT2D eigenvalue weighted by molar-refractivity contribution is 5.99. The molecule has 35 heavy (non-hydrogen) atoms. The molecule has 3 saturated heterocycles. The smallest absolute Gasteiger partial charge is 0.310 e. The molecule has 3 heterocycles. The molecule has 0 aromatic heterocycles. The molecule has 8 nitrogen and oxygen atoms in total. The molecule has 4 rings (SSSR count). The summed E-state index contributed by atoms with van der Waals surface area (Å²) in [6.45, 7) is 13.0. The van der Waals surface area contributed by atoms with Crippen molar-refractivity contribution in [3.05, 3.63) is 48.6 Å². The van der Waals surface area contributed by atoms with Gasteiger partial charge in [0.15, 0.2) is 0 Å². The van der Waals surface area contributed by atoms with Gasteiger partial charge >= 0.3 is 5.97 Å². The van der Waals surface area contributed by atoms with Crippen molar-refractivity contribution in [3.8, 4) is 0 Å². The molecule has 1 aromatic carbocycles. The highest BCUT2D eigenvalue weighted by atomic mass is 16.5. The molecular weight excluding hydrogens is 448 g/mol. The molecule has 3 unspecified atom stereocenters. The van der Waals surface area contributed by atoms with Crippen LogP contribution in [-0.2, 0) is 19.1 Å². The molecule has 7 atom stereocenters. The Kier molecular flexibility index (Phi) is 6.13. The van der Waals surface area contributed by atoms with E-state index in [9.17, 15) is 24.6 Å². The van der Waals surface area contributed by atoms with Gasteiger partial charge in [0, 0.05) is 12.1 Å². The average molecular weight is 485 g/mol. The zero-order chi connectivity index (χ0) is 25.9. The van der Waals surface area contributed by atoms with Crippen LogP contribution in [0.4, 0.5) is 0 Å². The molecule has 0 radical (unpaired) electrons. The summed E-state index contributed by atoms with van der Waals surface area (Å²) in [5.41, 5.74) is -2.28. The van der Waals surface area contributed by atoms with Crippen LogP contribution in [-0.4, -0.2) is 73.7 Å². The van der Waals surface area contributed by atoms with Crippen molar-refractivity contribution in [2.45, 2.75) is 69.9 Å². The van der Waals surface area contributed by atoms with Gasteiger partial charge in [-0.05, 0) is 45.6 Å². The Balaban J connectivity index is 1.93. The number of hydrogen-bond acceptors (Lipinski definition) is 5. The number of nitrogens with zero attached hydrogens (tertiary/aromatic N) is 2. The molecule has 0 saturated carbocycles. The van der Waals surface area contributed by atoms with E-state index in [1.807, 2.05) is 33.8 Å². The number of hydrogen-bond donors (Lipinski definition) is 2. The van der Waals surface area contributed by atoms with E-state index < -0.39 is 59.1 Å². The van der Waals surface area contributed by atoms with Crippen LogP contribution >= 0.6 is 0 Å². The molecular formula is C27H36N2O6. The second-order valence-electron chi connectivity index (χ2n) is 11.3. The molecule has 3 aliphatic rings. The topological polar surface area (TPSA) is 107 Å². The van der Waals surface area contributed by atoms with Gasteiger partial charge in [-0.3, -0.25) is 14.4 Å². The molecule has 2 bridgehead atoms. The number of rotatable bonds is 7. The fraction of sp³-hybridized carbons (Fsp3) is 0.593. The number of fused-ring (bicyclic) bond motifs is 1. The van der Waals surface area contributed by atoms with Crippen LogP contribution in [0.25, 0.3) is 0 Å². The second kappa shape index (κ2) is 8.45. The van der Waals surface area contributed by atoms with Gasteiger partial charge in [0.05, 0.1) is 24.2 Å². The van der Waals surface area contributed by atoms with E-state index in [-0.39, 0.29) is 18.4 Å². The van der Waals surface area contributed by atoms with E-state index >= 15 is 0 Å². The van der Waals surface area contributed by atoms with E-state index in [1.54, 1.807) is 42.2 Å². The Hall–Kier alpha value is -2.71. The van der Waals surface area contributed by atoms with Crippen molar-refractivity contribution in [2.75, 3.05) is 13.2 Å². The zero-order valence-electron chi connectivity index (χ0n) is 21.1. The predicted octanol–water partition coefficient (Wildman–Crippen LogP) is 2.63. The SMILES string of the molecule is C=CCN(C(=O)C1N([C@H](CO)c2ccccc2)C(=O)[C@@H]2[C@@H](C(=O)O)[C@]3(C)OC12CC3C)C(C)(C)C. The van der Waals surface area contributed by atoms with E-state index in [0.29, 0.717) is 12.0 Å². The van der Waals surface area contributed by atoms with Crippen molar-refractivity contribution in [2.24, 2.45) is 17.8 Å². The van der Waals surface area contributed by atoms with E-state index in [4.69, 9.17) is 4.74 Å². The van der Waals surface area contributed by atoms with Crippen LogP contribution in [0.15, 0.2) is 43.0 Å². The first-order valence-corrected chi connectivity index (χ1v) is 12.2. The third-order valence-corrected chi connectivity index (χ3v) is 8.33. The van der Waals surface area contributed by atoms with E-state index in [1.165, 1.54) is 4.90 Å². The second-order valence-corrected chi connectivity index (χ2v) is 11.3. The van der Waals surface area contributed by atoms with Crippen LogP contribution in [0.1, 0.15) is 52.6 Å². The van der Waals surface area contributed by atoms with Crippen molar-refractivity contribution >= 4 is 17.8 Å². The Morgan fingerprint density at radius 3 is 2.46 bits per heavy atom. The van der Waals surface area contributed by atoms with Gasteiger partial charge in [-0.2, -0.15) is 0 Å². The number of aliphatic hydroxyl groups is 1. The number of carboxylic acid groups (broad SMARTS) is 1. The molecule has 3 aliphatic heterocycles. The quantitative estimate of drug-likeness (QED) is 0.576. The fourth-order valence-electron chi connectivity index (χ4n) is 6.67. The highest BCUT2D eigenvalue weighted by Gasteiger charge is 2.80. The lowest BCUT2D eigenvalue weighted by atomic mass is 9.62. The maximum absolute atomic E-state index is 14.4. The summed E-state index contributed by atoms with van der Waals surface area (Å²) in [6.07, 6.45) is 2.02. The first kappa shape index (κ1) is 25.4. The number of aliphatic carboxylic acids is 1. The maximum atomic E-state index is 14.4. The lowest BCUT2D eigenvalue weighted by Gasteiger charge is -2.43. The Bertz CT molecular complexity index is 1040. The average Bonchev–Trinajstić information content (AvgIpc) is 3.29. The first-order valence-electron chi connectivity index (χ1n) is 12.2. The molecule has 1 aromatic rings. The van der Waals surface area contributed by atoms with Crippen molar-refractivity contribution in [1.29, 1.82) is 0 Å². The highest BCUT2D eigenvalue weighted by Crippen LogP contribution is 2.66. The number of aliphatic hydroxyl groups excluding tert-OH is 1. The van der Waals surface area contributed by atoms with E-state index in [2.05, 4.69) is 6.58 Å². The van der Waals surface area contributed by atoms with Crippen LogP contribution < -0.4 is 0 Å². The number of amides is 2. The normalized spacial score (nSPS) is 34.6. The third-order valence-electron chi connectivity index (χ3n) is 8.33. The molecule has 2 N–H and O–H groups in total. The van der Waals surface area contributed by atoms with Gasteiger partial charge in [0.2, 0.25) is 11.8 Å². The minimum absolute atomic E-state index is 0.172. The lowest BCUT2D eigenvalue weighted by Crippen LogP contribution is -2.60. The zero-order valence-corrected chi connectivity index (χ0v) is 21.1. The monoisotopic (exact) mass is 484 g/mol. The summed E-state index contributed by atoms with van der Waals surface area (Å²) < 4.78 is 6.57. The van der Waals surface area contributed by atoms with Crippen LogP contribution in [0.5, 0.6) is 0 Å². The van der Waals surface area contributed by atoms with Crippen LogP contribution in [0.2, 0.25) is 0 Å². The number of ether oxygens (including phenoxy) is 1. The predicted molar refractivity (Wildman–Crippen MR) is 129 cm³/mol. The first-order chi connectivity index (χ1) is 16.3. The summed E-state index contributed by atoms with van der Waals surface area (Å²) in [5.74, 6) is -4.16. The van der Waals surface area contributed by atoms with Gasteiger partial charge in [-0.25, -0.2) is 0 Å². The summed E-state index contributed by atoms with van der Waals surface area (Å²) >= 11 is 0. The fourth-order valence-corrected chi connectivity index (χ4v) is 6.67. The molecule has 3 fully saturated rings. The number of carboxylic acids is 1. The third kappa shape index (κ3) is 3.52. The number of likely N-dealkylation sites (tertiary alicyclic amines) is 1. The van der Waals surface area contributed by atoms with Gasteiger partial charge in [0.25, 0.3) is 0 Å². The van der Waals surface area contributed by atoms with Crippen molar-refractivity contribution in [3.63, 3.8) is 0 Å². The Morgan fingerprint density at radius 2 is 1.94 bits per heavy atom. The van der Waals surface area contributed by atoms with Crippen molar-refractivity contribution < 1.29 is 29.3 Å². The van der Waals surface area contributed by atoms with Crippen LogP contribution in [0, 0.1) is 17.8 Å². The molecule has 2 amide bonds. The van der Waals surface area contributed by atoms with Crippen LogP contribution in [0.3, 0.4) is 0 Å². The lowest BCUT2D eigenvalue weighted by molar-refractivity contribution is -0.161. The number of carbonyl (C=O) groups excluding carboxylic acids is 2. The number of carbonyl (C=O) groups is 3. The summed E-state index contributed by atoms with van der Waals surface area (Å²) in [7, 11) is 0. The standard InChI is InChI=1S/C27H36N2O6/c1-7-13-28(25(3,4)5)23(32)21-27-14-16(2)26(6,35-27)20(24(33)34)19(27)22(31)29(21)18(15-30)17-11-9-8-10-12-17/h7-12,16,18-21,30H,1,13-15H2,2-6H3,(H,33,34)/t16?,18-,19+,20+,21?,26-,27?/m1/s1. The van der Waals surface area contributed by atoms with Gasteiger partial charge < -0.3 is 24.7 Å². The van der Waals surface area contributed by atoms with Gasteiger partial charge in [-0.15, -0.1) is 6.58 Å². The molecule has 1 spiro atoms. The molecule has 190 valence electrons. The number of benzene rings is 1. The largest absolute Gasteiger partial charge is 0.481 e. The van der Waals surface area contributed by atoms with Crippen molar-refractivity contribution in [1.82, 2.24) is 9.80 Å². The minimum Gasteiger partial charge on any atom is -0.481 e. The Labute approximate surface area is 206 Å². The molecule has 8 heteroatoms. The van der Waals surface area contributed by atoms with E-state index in [0.717, 1.165) is 0 Å². The minimum atomic E-state index is -1.29. The summed E-state index contributed by atoms with van der Waals surface area (Å²) in [4.78, 5) is 44.1. The molecule has 0 aliphatic carbocycles.